The van der Waals surface area contributed by atoms with E-state index in [1.54, 1.807) is 0 Å². The highest BCUT2D eigenvalue weighted by Gasteiger charge is 2.19. The summed E-state index contributed by atoms with van der Waals surface area (Å²) in [6.45, 7) is 4.05. The fourth-order valence-electron chi connectivity index (χ4n) is 2.59. The molecule has 116 valence electrons. The minimum atomic E-state index is -0.133. The molecule has 0 saturated carbocycles. The van der Waals surface area contributed by atoms with Gasteiger partial charge in [0, 0.05) is 44.4 Å². The van der Waals surface area contributed by atoms with Gasteiger partial charge in [0.2, 0.25) is 0 Å². The average molecular weight is 365 g/mol. The van der Waals surface area contributed by atoms with Crippen LogP contribution in [0.1, 0.15) is 5.56 Å². The standard InChI is InChI=1S/C15H17BrN4O2/c16-12-3-1-2-11(15(12)22)9-19-4-6-20(7-5-19)13-8-14(21)18-10-17-13/h1-3,8,10,22H,4-7,9H2,(H,17,18,21). The molecular formula is C15H17BrN4O2. The summed E-state index contributed by atoms with van der Waals surface area (Å²) in [5, 5.41) is 10.1. The molecule has 3 rings (SSSR count). The van der Waals surface area contributed by atoms with Gasteiger partial charge in [-0.05, 0) is 22.0 Å². The van der Waals surface area contributed by atoms with Crippen LogP contribution >= 0.6 is 15.9 Å². The quantitative estimate of drug-likeness (QED) is 0.864. The Kier molecular flexibility index (Phi) is 4.44. The van der Waals surface area contributed by atoms with E-state index in [0.717, 1.165) is 36.2 Å². The van der Waals surface area contributed by atoms with Crippen LogP contribution in [-0.2, 0) is 6.54 Å². The maximum absolute atomic E-state index is 11.3. The van der Waals surface area contributed by atoms with Gasteiger partial charge in [0.05, 0.1) is 10.8 Å². The summed E-state index contributed by atoms with van der Waals surface area (Å²) in [6.07, 6.45) is 1.43. The van der Waals surface area contributed by atoms with Gasteiger partial charge in [-0.2, -0.15) is 0 Å². The average Bonchev–Trinajstić information content (AvgIpc) is 2.53. The van der Waals surface area contributed by atoms with E-state index in [0.29, 0.717) is 18.1 Å². The number of para-hydroxylation sites is 1. The summed E-state index contributed by atoms with van der Waals surface area (Å²) in [5.74, 6) is 1.02. The van der Waals surface area contributed by atoms with Crippen LogP contribution in [0.3, 0.4) is 0 Å². The van der Waals surface area contributed by atoms with Crippen LogP contribution in [0, 0.1) is 0 Å². The van der Waals surface area contributed by atoms with Crippen LogP contribution in [0.2, 0.25) is 0 Å². The first-order valence-corrected chi connectivity index (χ1v) is 7.91. The molecule has 1 aliphatic heterocycles. The maximum Gasteiger partial charge on any atom is 0.252 e. The minimum absolute atomic E-state index is 0.133. The summed E-state index contributed by atoms with van der Waals surface area (Å²) in [4.78, 5) is 22.5. The second-order valence-electron chi connectivity index (χ2n) is 5.28. The van der Waals surface area contributed by atoms with E-state index in [-0.39, 0.29) is 5.56 Å². The number of aromatic nitrogens is 2. The van der Waals surface area contributed by atoms with Gasteiger partial charge in [0.1, 0.15) is 11.6 Å². The molecule has 0 unspecified atom stereocenters. The topological polar surface area (TPSA) is 72.5 Å². The van der Waals surface area contributed by atoms with Gasteiger partial charge < -0.3 is 15.0 Å². The van der Waals surface area contributed by atoms with Gasteiger partial charge in [-0.15, -0.1) is 0 Å². The Balaban J connectivity index is 1.62. The summed E-state index contributed by atoms with van der Waals surface area (Å²) in [5.41, 5.74) is 0.781. The van der Waals surface area contributed by atoms with Crippen LogP contribution < -0.4 is 10.5 Å². The Hall–Kier alpha value is -1.86. The summed E-state index contributed by atoms with van der Waals surface area (Å²) in [6, 6.07) is 7.21. The Labute approximate surface area is 136 Å². The van der Waals surface area contributed by atoms with Crippen molar-refractivity contribution in [2.24, 2.45) is 0 Å². The number of anilines is 1. The van der Waals surface area contributed by atoms with Crippen molar-refractivity contribution >= 4 is 21.7 Å². The summed E-state index contributed by atoms with van der Waals surface area (Å²) >= 11 is 3.34. The first-order chi connectivity index (χ1) is 10.6. The Morgan fingerprint density at radius 1 is 1.27 bits per heavy atom. The number of phenols is 1. The normalized spacial score (nSPS) is 16.0. The third-order valence-corrected chi connectivity index (χ3v) is 4.46. The number of nitrogens with zero attached hydrogens (tertiary/aromatic N) is 3. The Morgan fingerprint density at radius 3 is 2.77 bits per heavy atom. The third kappa shape index (κ3) is 3.31. The van der Waals surface area contributed by atoms with Gasteiger partial charge >= 0.3 is 0 Å². The molecule has 0 radical (unpaired) electrons. The SMILES string of the molecule is O=c1cc(N2CCN(Cc3cccc(Br)c3O)CC2)nc[nH]1. The molecule has 0 bridgehead atoms. The zero-order valence-electron chi connectivity index (χ0n) is 12.0. The Bertz CT molecular complexity index is 711. The van der Waals surface area contributed by atoms with E-state index in [1.807, 2.05) is 18.2 Å². The lowest BCUT2D eigenvalue weighted by molar-refractivity contribution is 0.246. The smallest absolute Gasteiger partial charge is 0.252 e. The highest BCUT2D eigenvalue weighted by molar-refractivity contribution is 9.10. The number of H-pyrrole nitrogens is 1. The van der Waals surface area contributed by atoms with Crippen molar-refractivity contribution in [1.82, 2.24) is 14.9 Å². The van der Waals surface area contributed by atoms with Crippen molar-refractivity contribution in [2.75, 3.05) is 31.1 Å². The molecule has 0 spiro atoms. The number of rotatable bonds is 3. The highest BCUT2D eigenvalue weighted by Crippen LogP contribution is 2.28. The molecule has 22 heavy (non-hydrogen) atoms. The van der Waals surface area contributed by atoms with E-state index >= 15 is 0 Å². The van der Waals surface area contributed by atoms with Crippen molar-refractivity contribution in [3.05, 3.63) is 51.0 Å². The van der Waals surface area contributed by atoms with E-state index in [4.69, 9.17) is 0 Å². The molecule has 0 aliphatic carbocycles. The van der Waals surface area contributed by atoms with Crippen LogP contribution in [0.5, 0.6) is 5.75 Å². The molecule has 1 aromatic heterocycles. The molecular weight excluding hydrogens is 348 g/mol. The van der Waals surface area contributed by atoms with Crippen molar-refractivity contribution in [3.8, 4) is 5.75 Å². The number of hydrogen-bond donors (Lipinski definition) is 2. The number of benzene rings is 1. The van der Waals surface area contributed by atoms with Crippen LogP contribution in [0.15, 0.2) is 39.9 Å². The molecule has 2 aromatic rings. The molecule has 2 N–H and O–H groups in total. The number of aromatic amines is 1. The summed E-state index contributed by atoms with van der Waals surface area (Å²) in [7, 11) is 0. The van der Waals surface area contributed by atoms with Crippen LogP contribution in [0.4, 0.5) is 5.82 Å². The third-order valence-electron chi connectivity index (χ3n) is 3.82. The van der Waals surface area contributed by atoms with Crippen molar-refractivity contribution in [1.29, 1.82) is 0 Å². The molecule has 1 fully saturated rings. The van der Waals surface area contributed by atoms with E-state index in [2.05, 4.69) is 35.7 Å². The van der Waals surface area contributed by atoms with Crippen molar-refractivity contribution in [2.45, 2.75) is 6.54 Å². The predicted molar refractivity (Wildman–Crippen MR) is 88.2 cm³/mol. The molecule has 1 aliphatic rings. The van der Waals surface area contributed by atoms with Gasteiger partial charge in [-0.25, -0.2) is 4.98 Å². The van der Waals surface area contributed by atoms with Gasteiger partial charge in [0.25, 0.3) is 5.56 Å². The molecule has 7 heteroatoms. The van der Waals surface area contributed by atoms with Crippen molar-refractivity contribution in [3.63, 3.8) is 0 Å². The molecule has 2 heterocycles. The van der Waals surface area contributed by atoms with Gasteiger partial charge in [0.15, 0.2) is 0 Å². The second-order valence-corrected chi connectivity index (χ2v) is 6.13. The zero-order chi connectivity index (χ0) is 15.5. The lowest BCUT2D eigenvalue weighted by atomic mass is 10.1. The first-order valence-electron chi connectivity index (χ1n) is 7.12. The molecule has 1 aromatic carbocycles. The van der Waals surface area contributed by atoms with Crippen molar-refractivity contribution < 1.29 is 5.11 Å². The number of halogens is 1. The fraction of sp³-hybridized carbons (Fsp3) is 0.333. The van der Waals surface area contributed by atoms with Gasteiger partial charge in [-0.3, -0.25) is 9.69 Å². The fourth-order valence-corrected chi connectivity index (χ4v) is 3.00. The zero-order valence-corrected chi connectivity index (χ0v) is 13.6. The van der Waals surface area contributed by atoms with Gasteiger partial charge in [-0.1, -0.05) is 12.1 Å². The van der Waals surface area contributed by atoms with Crippen LogP contribution in [0.25, 0.3) is 0 Å². The van der Waals surface area contributed by atoms with E-state index in [9.17, 15) is 9.90 Å². The second kappa shape index (κ2) is 6.50. The number of phenolic OH excluding ortho intramolecular Hbond substituents is 1. The monoisotopic (exact) mass is 364 g/mol. The lowest BCUT2D eigenvalue weighted by Gasteiger charge is -2.35. The number of aromatic hydroxyl groups is 1. The van der Waals surface area contributed by atoms with E-state index < -0.39 is 0 Å². The Morgan fingerprint density at radius 2 is 2.05 bits per heavy atom. The lowest BCUT2D eigenvalue weighted by Crippen LogP contribution is -2.46. The highest BCUT2D eigenvalue weighted by atomic mass is 79.9. The predicted octanol–water partition coefficient (Wildman–Crippen LogP) is 1.56. The van der Waals surface area contributed by atoms with E-state index in [1.165, 1.54) is 12.4 Å². The maximum atomic E-state index is 11.3. The number of nitrogens with one attached hydrogen (secondary N) is 1. The molecule has 0 atom stereocenters. The molecule has 0 amide bonds. The summed E-state index contributed by atoms with van der Waals surface area (Å²) < 4.78 is 0.719. The number of piperazine rings is 1. The first kappa shape index (κ1) is 15.1. The van der Waals surface area contributed by atoms with Crippen LogP contribution in [-0.4, -0.2) is 46.2 Å². The minimum Gasteiger partial charge on any atom is -0.506 e. The molecule has 1 saturated heterocycles. The number of hydrogen-bond acceptors (Lipinski definition) is 5. The largest absolute Gasteiger partial charge is 0.506 e. The molecule has 6 nitrogen and oxygen atoms in total.